The van der Waals surface area contributed by atoms with E-state index in [1.165, 1.54) is 6.07 Å². The molecule has 0 atom stereocenters. The quantitative estimate of drug-likeness (QED) is 0.715. The zero-order chi connectivity index (χ0) is 8.72. The number of aromatic hydroxyl groups is 1. The van der Waals surface area contributed by atoms with Gasteiger partial charge in [0.25, 0.3) is 0 Å². The summed E-state index contributed by atoms with van der Waals surface area (Å²) in [5.74, 6) is -0.207. The van der Waals surface area contributed by atoms with Crippen LogP contribution in [0.5, 0.6) is 5.75 Å². The summed E-state index contributed by atoms with van der Waals surface area (Å²) in [7, 11) is 0. The van der Waals surface area contributed by atoms with Gasteiger partial charge in [-0.15, -0.1) is 0 Å². The third-order valence-electron chi connectivity index (χ3n) is 2.08. The van der Waals surface area contributed by atoms with Gasteiger partial charge < -0.3 is 5.11 Å². The summed E-state index contributed by atoms with van der Waals surface area (Å²) in [5.41, 5.74) is 0.637. The fourth-order valence-electron chi connectivity index (χ4n) is 1.26. The summed E-state index contributed by atoms with van der Waals surface area (Å²) in [5, 5.41) is 9.29. The third-order valence-corrected chi connectivity index (χ3v) is 2.39. The molecule has 2 rings (SSSR count). The van der Waals surface area contributed by atoms with Crippen LogP contribution >= 0.6 is 11.6 Å². The van der Waals surface area contributed by atoms with Crippen LogP contribution in [0.1, 0.15) is 24.3 Å². The molecule has 1 saturated carbocycles. The SMILES string of the molecule is Oc1cc(F)c(C2CC2)cc1Cl. The Kier molecular flexibility index (Phi) is 1.72. The Hall–Kier alpha value is -0.760. The van der Waals surface area contributed by atoms with Crippen LogP contribution in [-0.2, 0) is 0 Å². The Labute approximate surface area is 74.8 Å². The highest BCUT2D eigenvalue weighted by atomic mass is 35.5. The highest BCUT2D eigenvalue weighted by molar-refractivity contribution is 6.32. The molecule has 1 fully saturated rings. The smallest absolute Gasteiger partial charge is 0.137 e. The molecule has 0 unspecified atom stereocenters. The molecule has 1 aromatic carbocycles. The lowest BCUT2D eigenvalue weighted by molar-refractivity contribution is 0.468. The summed E-state index contributed by atoms with van der Waals surface area (Å²) < 4.78 is 13.1. The van der Waals surface area contributed by atoms with Crippen molar-refractivity contribution in [3.63, 3.8) is 0 Å². The first-order chi connectivity index (χ1) is 5.68. The molecule has 1 nitrogen and oxygen atoms in total. The van der Waals surface area contributed by atoms with Crippen LogP contribution in [0, 0.1) is 5.82 Å². The van der Waals surface area contributed by atoms with Gasteiger partial charge in [0.15, 0.2) is 0 Å². The van der Waals surface area contributed by atoms with Crippen molar-refractivity contribution in [2.75, 3.05) is 0 Å². The molecule has 0 amide bonds. The molecular weight excluding hydrogens is 179 g/mol. The average Bonchev–Trinajstić information content (AvgIpc) is 2.79. The van der Waals surface area contributed by atoms with Crippen molar-refractivity contribution in [3.05, 3.63) is 28.5 Å². The normalized spacial score (nSPS) is 16.5. The zero-order valence-electron chi connectivity index (χ0n) is 6.35. The van der Waals surface area contributed by atoms with Gasteiger partial charge in [-0.3, -0.25) is 0 Å². The van der Waals surface area contributed by atoms with E-state index in [9.17, 15) is 4.39 Å². The average molecular weight is 187 g/mol. The van der Waals surface area contributed by atoms with Crippen molar-refractivity contribution < 1.29 is 9.50 Å². The molecule has 0 heterocycles. The Bertz CT molecular complexity index is 321. The maximum Gasteiger partial charge on any atom is 0.137 e. The van der Waals surface area contributed by atoms with Crippen LogP contribution in [0.2, 0.25) is 5.02 Å². The molecule has 0 saturated heterocycles. The van der Waals surface area contributed by atoms with Crippen LogP contribution in [0.15, 0.2) is 12.1 Å². The standard InChI is InChI=1S/C9H8ClFO/c10-7-3-6(5-1-2-5)8(11)4-9(7)12/h3-5,12H,1-2H2. The van der Waals surface area contributed by atoms with Crippen LogP contribution in [0.4, 0.5) is 4.39 Å². The fourth-order valence-corrected chi connectivity index (χ4v) is 1.43. The van der Waals surface area contributed by atoms with E-state index >= 15 is 0 Å². The largest absolute Gasteiger partial charge is 0.506 e. The van der Waals surface area contributed by atoms with Crippen LogP contribution in [0.3, 0.4) is 0 Å². The van der Waals surface area contributed by atoms with E-state index in [0.717, 1.165) is 18.9 Å². The topological polar surface area (TPSA) is 20.2 Å². The molecule has 3 heteroatoms. The number of hydrogen-bond acceptors (Lipinski definition) is 1. The Morgan fingerprint density at radius 1 is 1.42 bits per heavy atom. The molecule has 0 spiro atoms. The molecule has 64 valence electrons. The van der Waals surface area contributed by atoms with E-state index in [1.54, 1.807) is 0 Å². The Morgan fingerprint density at radius 3 is 2.67 bits per heavy atom. The first-order valence-electron chi connectivity index (χ1n) is 3.86. The lowest BCUT2D eigenvalue weighted by Gasteiger charge is -2.02. The van der Waals surface area contributed by atoms with Gasteiger partial charge in [-0.05, 0) is 30.4 Å². The van der Waals surface area contributed by atoms with Crippen molar-refractivity contribution in [1.29, 1.82) is 0 Å². The molecule has 12 heavy (non-hydrogen) atoms. The summed E-state index contributed by atoms with van der Waals surface area (Å²) in [6.07, 6.45) is 2.05. The number of phenols is 1. The molecular formula is C9H8ClFO. The molecule has 0 bridgehead atoms. The highest BCUT2D eigenvalue weighted by Gasteiger charge is 2.27. The lowest BCUT2D eigenvalue weighted by Crippen LogP contribution is -1.86. The number of halogens is 2. The van der Waals surface area contributed by atoms with E-state index in [2.05, 4.69) is 0 Å². The Morgan fingerprint density at radius 2 is 2.08 bits per heavy atom. The van der Waals surface area contributed by atoms with Gasteiger partial charge in [-0.25, -0.2) is 4.39 Å². The number of phenolic OH excluding ortho intramolecular Hbond substituents is 1. The number of rotatable bonds is 1. The second kappa shape index (κ2) is 2.63. The molecule has 0 aliphatic heterocycles. The van der Waals surface area contributed by atoms with Crippen molar-refractivity contribution in [3.8, 4) is 5.75 Å². The predicted molar refractivity (Wildman–Crippen MR) is 45.0 cm³/mol. The van der Waals surface area contributed by atoms with Gasteiger partial charge in [-0.1, -0.05) is 11.6 Å². The molecule has 1 aromatic rings. The second-order valence-corrected chi connectivity index (χ2v) is 3.51. The van der Waals surface area contributed by atoms with Gasteiger partial charge in [0.2, 0.25) is 0 Å². The molecule has 1 N–H and O–H groups in total. The van der Waals surface area contributed by atoms with E-state index in [-0.39, 0.29) is 16.6 Å². The highest BCUT2D eigenvalue weighted by Crippen LogP contribution is 2.43. The minimum atomic E-state index is -0.348. The Balaban J connectivity index is 2.47. The molecule has 0 radical (unpaired) electrons. The second-order valence-electron chi connectivity index (χ2n) is 3.10. The van der Waals surface area contributed by atoms with Crippen molar-refractivity contribution in [2.24, 2.45) is 0 Å². The maximum atomic E-state index is 13.1. The minimum absolute atomic E-state index is 0.182. The van der Waals surface area contributed by atoms with E-state index in [4.69, 9.17) is 16.7 Å². The zero-order valence-corrected chi connectivity index (χ0v) is 7.11. The van der Waals surface area contributed by atoms with Gasteiger partial charge in [0, 0.05) is 6.07 Å². The molecule has 1 aliphatic carbocycles. The summed E-state index contributed by atoms with van der Waals surface area (Å²) >= 11 is 5.64. The van der Waals surface area contributed by atoms with Gasteiger partial charge in [-0.2, -0.15) is 0 Å². The van der Waals surface area contributed by atoms with Gasteiger partial charge in [0.05, 0.1) is 5.02 Å². The van der Waals surface area contributed by atoms with E-state index in [1.807, 2.05) is 0 Å². The van der Waals surface area contributed by atoms with E-state index in [0.29, 0.717) is 11.5 Å². The summed E-state index contributed by atoms with van der Waals surface area (Å²) in [6, 6.07) is 2.60. The number of hydrogen-bond donors (Lipinski definition) is 1. The first-order valence-corrected chi connectivity index (χ1v) is 4.24. The predicted octanol–water partition coefficient (Wildman–Crippen LogP) is 3.06. The van der Waals surface area contributed by atoms with Crippen molar-refractivity contribution in [2.45, 2.75) is 18.8 Å². The van der Waals surface area contributed by atoms with Gasteiger partial charge in [0.1, 0.15) is 11.6 Å². The van der Waals surface area contributed by atoms with Crippen molar-refractivity contribution in [1.82, 2.24) is 0 Å². The fraction of sp³-hybridized carbons (Fsp3) is 0.333. The van der Waals surface area contributed by atoms with Gasteiger partial charge >= 0.3 is 0 Å². The van der Waals surface area contributed by atoms with E-state index < -0.39 is 0 Å². The third kappa shape index (κ3) is 1.27. The van der Waals surface area contributed by atoms with Crippen LogP contribution in [-0.4, -0.2) is 5.11 Å². The number of benzene rings is 1. The molecule has 1 aliphatic rings. The van der Waals surface area contributed by atoms with Crippen molar-refractivity contribution >= 4 is 11.6 Å². The lowest BCUT2D eigenvalue weighted by atomic mass is 10.1. The maximum absolute atomic E-state index is 13.1. The van der Waals surface area contributed by atoms with Crippen LogP contribution < -0.4 is 0 Å². The summed E-state index contributed by atoms with van der Waals surface area (Å²) in [6.45, 7) is 0. The minimum Gasteiger partial charge on any atom is -0.506 e. The first kappa shape index (κ1) is 7.87. The monoisotopic (exact) mass is 186 g/mol. The van der Waals surface area contributed by atoms with Crippen LogP contribution in [0.25, 0.3) is 0 Å². The summed E-state index contributed by atoms with van der Waals surface area (Å²) in [4.78, 5) is 0. The molecule has 0 aromatic heterocycles.